The van der Waals surface area contributed by atoms with Crippen molar-refractivity contribution in [1.29, 1.82) is 0 Å². The van der Waals surface area contributed by atoms with E-state index >= 15 is 0 Å². The smallest absolute Gasteiger partial charge is 0.210 e. The molecule has 1 aliphatic carbocycles. The Morgan fingerprint density at radius 3 is 2.08 bits per heavy atom. The van der Waals surface area contributed by atoms with Crippen LogP contribution in [0.4, 0.5) is 0 Å². The summed E-state index contributed by atoms with van der Waals surface area (Å²) in [7, 11) is 0. The van der Waals surface area contributed by atoms with E-state index in [0.717, 1.165) is 0 Å². The number of carbonyl (C=O) groups is 3. The first-order valence-corrected chi connectivity index (χ1v) is 8.57. The van der Waals surface area contributed by atoms with Gasteiger partial charge in [-0.1, -0.05) is 54.6 Å². The largest absolute Gasteiger partial charge is 0.341 e. The summed E-state index contributed by atoms with van der Waals surface area (Å²) in [5.74, 6) is -0.691. The summed E-state index contributed by atoms with van der Waals surface area (Å²) in [5.41, 5.74) is 2.82. The fourth-order valence-corrected chi connectivity index (χ4v) is 3.74. The second kappa shape index (κ2) is 5.92. The normalized spacial score (nSPS) is 12.7. The summed E-state index contributed by atoms with van der Waals surface area (Å²) in [6, 6.07) is 15.6. The lowest BCUT2D eigenvalue weighted by Crippen LogP contribution is -2.23. The summed E-state index contributed by atoms with van der Waals surface area (Å²) >= 11 is 0. The van der Waals surface area contributed by atoms with Crippen LogP contribution in [0.2, 0.25) is 0 Å². The van der Waals surface area contributed by atoms with Gasteiger partial charge in [-0.05, 0) is 13.8 Å². The number of hydrogen-bond donors (Lipinski definition) is 0. The third-order valence-corrected chi connectivity index (χ3v) is 4.96. The van der Waals surface area contributed by atoms with Crippen LogP contribution in [0.1, 0.15) is 60.5 Å². The maximum Gasteiger partial charge on any atom is 0.210 e. The molecule has 0 unspecified atom stereocenters. The number of rotatable bonds is 3. The summed E-state index contributed by atoms with van der Waals surface area (Å²) in [6.07, 6.45) is 0. The molecule has 0 radical (unpaired) electrons. The molecule has 0 atom stereocenters. The Morgan fingerprint density at radius 1 is 0.885 bits per heavy atom. The van der Waals surface area contributed by atoms with Gasteiger partial charge < -0.3 is 4.57 Å². The van der Waals surface area contributed by atoms with Crippen molar-refractivity contribution in [3.8, 4) is 0 Å². The van der Waals surface area contributed by atoms with Gasteiger partial charge in [0.1, 0.15) is 5.69 Å². The highest BCUT2D eigenvalue weighted by Crippen LogP contribution is 2.34. The second-order valence-corrected chi connectivity index (χ2v) is 6.33. The lowest BCUT2D eigenvalue weighted by Gasteiger charge is -2.17. The van der Waals surface area contributed by atoms with Gasteiger partial charge in [0.2, 0.25) is 5.78 Å². The third kappa shape index (κ3) is 2.12. The van der Waals surface area contributed by atoms with Gasteiger partial charge in [0.05, 0.1) is 11.1 Å². The molecular weight excluding hydrogens is 326 g/mol. The average molecular weight is 343 g/mol. The van der Waals surface area contributed by atoms with Gasteiger partial charge in [0.15, 0.2) is 11.6 Å². The van der Waals surface area contributed by atoms with Crippen molar-refractivity contribution in [3.05, 3.63) is 93.8 Å². The SMILES string of the molecule is CCn1c(C)c(C(=O)c2ccccc2)c2c1C(=O)c1ccccc1C2=O. The Labute approximate surface area is 151 Å². The molecule has 0 saturated heterocycles. The van der Waals surface area contributed by atoms with Crippen LogP contribution in [-0.4, -0.2) is 21.9 Å². The van der Waals surface area contributed by atoms with Gasteiger partial charge in [-0.25, -0.2) is 0 Å². The molecule has 4 rings (SSSR count). The first-order valence-electron chi connectivity index (χ1n) is 8.57. The van der Waals surface area contributed by atoms with Crippen LogP contribution in [-0.2, 0) is 6.54 Å². The molecule has 0 fully saturated rings. The lowest BCUT2D eigenvalue weighted by atomic mass is 9.84. The molecule has 2 aromatic carbocycles. The highest BCUT2D eigenvalue weighted by Gasteiger charge is 2.38. The summed E-state index contributed by atoms with van der Waals surface area (Å²) in [6.45, 7) is 4.21. The molecule has 0 amide bonds. The van der Waals surface area contributed by atoms with Crippen molar-refractivity contribution in [2.24, 2.45) is 0 Å². The van der Waals surface area contributed by atoms with Crippen LogP contribution in [0.5, 0.6) is 0 Å². The molecule has 26 heavy (non-hydrogen) atoms. The van der Waals surface area contributed by atoms with Gasteiger partial charge in [0, 0.05) is 28.9 Å². The second-order valence-electron chi connectivity index (χ2n) is 6.33. The van der Waals surface area contributed by atoms with E-state index < -0.39 is 0 Å². The van der Waals surface area contributed by atoms with Gasteiger partial charge in [-0.15, -0.1) is 0 Å². The maximum atomic E-state index is 13.2. The minimum atomic E-state index is -0.259. The van der Waals surface area contributed by atoms with Gasteiger partial charge in [-0.3, -0.25) is 14.4 Å². The van der Waals surface area contributed by atoms with E-state index in [9.17, 15) is 14.4 Å². The monoisotopic (exact) mass is 343 g/mol. The fourth-order valence-electron chi connectivity index (χ4n) is 3.74. The molecular formula is C22H17NO3. The summed E-state index contributed by atoms with van der Waals surface area (Å²) < 4.78 is 1.78. The molecule has 1 aromatic heterocycles. The molecule has 0 bridgehead atoms. The predicted molar refractivity (Wildman–Crippen MR) is 98.0 cm³/mol. The Morgan fingerprint density at radius 2 is 1.46 bits per heavy atom. The quantitative estimate of drug-likeness (QED) is 0.531. The maximum absolute atomic E-state index is 13.2. The molecule has 128 valence electrons. The minimum absolute atomic E-state index is 0.202. The molecule has 4 heteroatoms. The molecule has 0 aliphatic heterocycles. The van der Waals surface area contributed by atoms with Crippen molar-refractivity contribution in [2.75, 3.05) is 0 Å². The van der Waals surface area contributed by atoms with Crippen LogP contribution in [0, 0.1) is 6.92 Å². The number of hydrogen-bond acceptors (Lipinski definition) is 3. The zero-order valence-corrected chi connectivity index (χ0v) is 14.6. The van der Waals surface area contributed by atoms with E-state index in [1.165, 1.54) is 0 Å². The van der Waals surface area contributed by atoms with Crippen molar-refractivity contribution in [1.82, 2.24) is 4.57 Å². The third-order valence-electron chi connectivity index (χ3n) is 4.96. The van der Waals surface area contributed by atoms with Crippen LogP contribution >= 0.6 is 0 Å². The van der Waals surface area contributed by atoms with Crippen LogP contribution in [0.15, 0.2) is 54.6 Å². The van der Waals surface area contributed by atoms with Gasteiger partial charge >= 0.3 is 0 Å². The Hall–Kier alpha value is -3.27. The highest BCUT2D eigenvalue weighted by atomic mass is 16.1. The summed E-state index contributed by atoms with van der Waals surface area (Å²) in [5, 5.41) is 0. The number of benzene rings is 2. The van der Waals surface area contributed by atoms with E-state index in [0.29, 0.717) is 40.2 Å². The topological polar surface area (TPSA) is 56.1 Å². The molecule has 4 nitrogen and oxygen atoms in total. The number of fused-ring (bicyclic) bond motifs is 2. The Kier molecular flexibility index (Phi) is 3.69. The van der Waals surface area contributed by atoms with Crippen molar-refractivity contribution in [2.45, 2.75) is 20.4 Å². The minimum Gasteiger partial charge on any atom is -0.341 e. The van der Waals surface area contributed by atoms with Gasteiger partial charge in [0.25, 0.3) is 0 Å². The molecule has 0 saturated carbocycles. The fraction of sp³-hybridized carbons (Fsp3) is 0.136. The zero-order valence-electron chi connectivity index (χ0n) is 14.6. The number of carbonyl (C=O) groups excluding carboxylic acids is 3. The average Bonchev–Trinajstić information content (AvgIpc) is 2.98. The zero-order chi connectivity index (χ0) is 18.4. The highest BCUT2D eigenvalue weighted by molar-refractivity contribution is 6.32. The Balaban J connectivity index is 2.02. The molecule has 0 spiro atoms. The van der Waals surface area contributed by atoms with Crippen molar-refractivity contribution in [3.63, 3.8) is 0 Å². The van der Waals surface area contributed by atoms with E-state index in [1.54, 1.807) is 60.0 Å². The van der Waals surface area contributed by atoms with Crippen LogP contribution < -0.4 is 0 Å². The Bertz CT molecular complexity index is 1070. The lowest BCUT2D eigenvalue weighted by molar-refractivity contribution is 0.0968. The van der Waals surface area contributed by atoms with Crippen molar-refractivity contribution < 1.29 is 14.4 Å². The van der Waals surface area contributed by atoms with E-state index in [4.69, 9.17) is 0 Å². The van der Waals surface area contributed by atoms with Gasteiger partial charge in [-0.2, -0.15) is 0 Å². The van der Waals surface area contributed by atoms with Crippen LogP contribution in [0.25, 0.3) is 0 Å². The molecule has 3 aromatic rings. The number of aromatic nitrogens is 1. The standard InChI is InChI=1S/C22H17NO3/c1-3-23-13(2)17(20(24)14-9-5-4-6-10-14)18-19(23)22(26)16-12-8-7-11-15(16)21(18)25/h4-12H,3H2,1-2H3. The molecule has 1 heterocycles. The van der Waals surface area contributed by atoms with Crippen molar-refractivity contribution >= 4 is 17.3 Å². The molecule has 1 aliphatic rings. The summed E-state index contributed by atoms with van der Waals surface area (Å²) in [4.78, 5) is 39.4. The first-order chi connectivity index (χ1) is 12.6. The molecule has 0 N–H and O–H groups in total. The number of ketones is 3. The van der Waals surface area contributed by atoms with Crippen LogP contribution in [0.3, 0.4) is 0 Å². The first kappa shape index (κ1) is 16.2. The van der Waals surface area contributed by atoms with E-state index in [1.807, 2.05) is 13.0 Å². The predicted octanol–water partition coefficient (Wildman–Crippen LogP) is 3.82. The van der Waals surface area contributed by atoms with E-state index in [2.05, 4.69) is 0 Å². The number of nitrogens with zero attached hydrogens (tertiary/aromatic N) is 1. The van der Waals surface area contributed by atoms with E-state index in [-0.39, 0.29) is 22.9 Å².